The molecule has 1 atom stereocenters. The molecule has 6 heteroatoms. The first-order valence-corrected chi connectivity index (χ1v) is 7.47. The van der Waals surface area contributed by atoms with Crippen molar-refractivity contribution in [2.75, 3.05) is 28.4 Å². The summed E-state index contributed by atoms with van der Waals surface area (Å²) < 4.78 is 20.9. The highest BCUT2D eigenvalue weighted by atomic mass is 16.5. The Morgan fingerprint density at radius 1 is 0.920 bits per heavy atom. The monoisotopic (exact) mass is 341 g/mol. The highest BCUT2D eigenvalue weighted by molar-refractivity contribution is 6.03. The number of hydrogen-bond acceptors (Lipinski definition) is 6. The molecule has 0 saturated carbocycles. The normalized spacial score (nSPS) is 11.2. The fourth-order valence-corrected chi connectivity index (χ4v) is 2.47. The van der Waals surface area contributed by atoms with Crippen LogP contribution in [0.4, 0.5) is 0 Å². The van der Waals surface area contributed by atoms with Crippen LogP contribution >= 0.6 is 0 Å². The van der Waals surface area contributed by atoms with Crippen LogP contribution < -0.4 is 18.9 Å². The summed E-state index contributed by atoms with van der Waals surface area (Å²) >= 11 is 0. The van der Waals surface area contributed by atoms with Gasteiger partial charge in [0.2, 0.25) is 5.75 Å². The van der Waals surface area contributed by atoms with Gasteiger partial charge in [0.15, 0.2) is 17.3 Å². The van der Waals surface area contributed by atoms with E-state index in [4.69, 9.17) is 18.9 Å². The van der Waals surface area contributed by atoms with E-state index in [0.29, 0.717) is 34.1 Å². The van der Waals surface area contributed by atoms with Crippen molar-refractivity contribution in [3.05, 3.63) is 47.5 Å². The van der Waals surface area contributed by atoms with E-state index in [1.54, 1.807) is 43.5 Å². The van der Waals surface area contributed by atoms with Crippen molar-refractivity contribution in [2.45, 2.75) is 5.92 Å². The Balaban J connectivity index is 2.46. The van der Waals surface area contributed by atoms with Gasteiger partial charge in [-0.2, -0.15) is 5.26 Å². The summed E-state index contributed by atoms with van der Waals surface area (Å²) in [5.41, 5.74) is 0.888. The van der Waals surface area contributed by atoms with E-state index in [0.717, 1.165) is 0 Å². The first-order chi connectivity index (χ1) is 12.1. The lowest BCUT2D eigenvalue weighted by atomic mass is 9.91. The average Bonchev–Trinajstić information content (AvgIpc) is 2.67. The third-order valence-electron chi connectivity index (χ3n) is 3.79. The Kier molecular flexibility index (Phi) is 5.85. The van der Waals surface area contributed by atoms with Crippen molar-refractivity contribution < 1.29 is 23.7 Å². The first-order valence-electron chi connectivity index (χ1n) is 7.47. The van der Waals surface area contributed by atoms with Crippen LogP contribution in [0.1, 0.15) is 21.8 Å². The van der Waals surface area contributed by atoms with Crippen molar-refractivity contribution in [2.24, 2.45) is 0 Å². The third-order valence-corrected chi connectivity index (χ3v) is 3.79. The Morgan fingerprint density at radius 3 is 1.88 bits per heavy atom. The molecule has 2 aromatic carbocycles. The molecule has 0 N–H and O–H groups in total. The minimum absolute atomic E-state index is 0.320. The van der Waals surface area contributed by atoms with E-state index < -0.39 is 5.92 Å². The van der Waals surface area contributed by atoms with E-state index in [1.165, 1.54) is 21.3 Å². The number of hydrogen-bond donors (Lipinski definition) is 0. The first kappa shape index (κ1) is 18.1. The number of nitrogens with zero attached hydrogens (tertiary/aromatic N) is 1. The topological polar surface area (TPSA) is 77.8 Å². The second-order valence-corrected chi connectivity index (χ2v) is 5.11. The number of carbonyl (C=O) groups is 1. The second kappa shape index (κ2) is 8.06. The summed E-state index contributed by atoms with van der Waals surface area (Å²) in [7, 11) is 6.00. The van der Waals surface area contributed by atoms with Crippen molar-refractivity contribution in [3.63, 3.8) is 0 Å². The van der Waals surface area contributed by atoms with Gasteiger partial charge in [0, 0.05) is 5.56 Å². The molecule has 0 aliphatic rings. The number of Topliss-reactive ketones (excluding diaryl/α,β-unsaturated/α-hetero) is 1. The van der Waals surface area contributed by atoms with Crippen molar-refractivity contribution in [1.82, 2.24) is 0 Å². The number of ketones is 1. The summed E-state index contributed by atoms with van der Waals surface area (Å²) in [5.74, 6) is 0.501. The molecule has 0 radical (unpaired) electrons. The van der Waals surface area contributed by atoms with Crippen molar-refractivity contribution in [3.8, 4) is 29.1 Å². The van der Waals surface area contributed by atoms with Gasteiger partial charge in [0.25, 0.3) is 0 Å². The molecule has 0 aliphatic heterocycles. The molecular formula is C19H19NO5. The van der Waals surface area contributed by atoms with Gasteiger partial charge in [-0.1, -0.05) is 0 Å². The van der Waals surface area contributed by atoms with Crippen LogP contribution in [-0.4, -0.2) is 34.2 Å². The largest absolute Gasteiger partial charge is 0.497 e. The fraction of sp³-hybridized carbons (Fsp3) is 0.263. The number of rotatable bonds is 7. The zero-order valence-corrected chi connectivity index (χ0v) is 14.5. The molecule has 0 heterocycles. The minimum Gasteiger partial charge on any atom is -0.497 e. The molecule has 0 aliphatic carbocycles. The Bertz CT molecular complexity index is 767. The van der Waals surface area contributed by atoms with Crippen LogP contribution in [-0.2, 0) is 0 Å². The maximum absolute atomic E-state index is 12.8. The molecule has 130 valence electrons. The minimum atomic E-state index is -0.998. The highest BCUT2D eigenvalue weighted by Crippen LogP contribution is 2.40. The van der Waals surface area contributed by atoms with Crippen LogP contribution in [0.2, 0.25) is 0 Å². The molecule has 2 aromatic rings. The van der Waals surface area contributed by atoms with Crippen LogP contribution in [0.3, 0.4) is 0 Å². The fourth-order valence-electron chi connectivity index (χ4n) is 2.47. The summed E-state index contributed by atoms with van der Waals surface area (Å²) in [4.78, 5) is 12.8. The smallest absolute Gasteiger partial charge is 0.203 e. The molecule has 0 aromatic heterocycles. The zero-order valence-electron chi connectivity index (χ0n) is 14.5. The van der Waals surface area contributed by atoms with Gasteiger partial charge < -0.3 is 18.9 Å². The van der Waals surface area contributed by atoms with Crippen LogP contribution in [0, 0.1) is 11.3 Å². The number of carbonyl (C=O) groups excluding carboxylic acids is 1. The molecule has 25 heavy (non-hydrogen) atoms. The molecule has 6 nitrogen and oxygen atoms in total. The summed E-state index contributed by atoms with van der Waals surface area (Å²) in [6, 6.07) is 11.9. The molecule has 0 spiro atoms. The van der Waals surface area contributed by atoms with Crippen molar-refractivity contribution in [1.29, 1.82) is 5.26 Å². The number of ether oxygens (including phenoxy) is 4. The maximum atomic E-state index is 12.8. The standard InChI is InChI=1S/C19H19NO5/c1-22-14-7-5-12(6-8-14)18(21)15(11-20)13-9-16(23-2)19(25-4)17(10-13)24-3/h5-10,15H,1-4H3/t15-/m0/s1. The van der Waals surface area contributed by atoms with Crippen LogP contribution in [0.25, 0.3) is 0 Å². The quantitative estimate of drug-likeness (QED) is 0.720. The predicted molar refractivity (Wildman–Crippen MR) is 91.8 cm³/mol. The molecule has 0 unspecified atom stereocenters. The second-order valence-electron chi connectivity index (χ2n) is 5.11. The van der Waals surface area contributed by atoms with E-state index in [2.05, 4.69) is 6.07 Å². The van der Waals surface area contributed by atoms with Gasteiger partial charge in [-0.05, 0) is 42.0 Å². The van der Waals surface area contributed by atoms with Gasteiger partial charge in [-0.15, -0.1) is 0 Å². The molecule has 0 bridgehead atoms. The molecule has 0 amide bonds. The number of nitriles is 1. The van der Waals surface area contributed by atoms with Crippen LogP contribution in [0.15, 0.2) is 36.4 Å². The molecule has 0 saturated heterocycles. The lowest BCUT2D eigenvalue weighted by Crippen LogP contribution is -2.12. The molecular weight excluding hydrogens is 322 g/mol. The van der Waals surface area contributed by atoms with E-state index >= 15 is 0 Å². The van der Waals surface area contributed by atoms with E-state index in [1.807, 2.05) is 0 Å². The van der Waals surface area contributed by atoms with Gasteiger partial charge in [-0.25, -0.2) is 0 Å². The Labute approximate surface area is 146 Å². The van der Waals surface area contributed by atoms with Crippen molar-refractivity contribution >= 4 is 5.78 Å². The molecule has 0 fully saturated rings. The lowest BCUT2D eigenvalue weighted by molar-refractivity contribution is 0.0978. The summed E-state index contributed by atoms with van der Waals surface area (Å²) in [6.07, 6.45) is 0. The van der Waals surface area contributed by atoms with Crippen LogP contribution in [0.5, 0.6) is 23.0 Å². The lowest BCUT2D eigenvalue weighted by Gasteiger charge is -2.16. The van der Waals surface area contributed by atoms with Gasteiger partial charge >= 0.3 is 0 Å². The maximum Gasteiger partial charge on any atom is 0.203 e. The molecule has 2 rings (SSSR count). The Hall–Kier alpha value is -3.20. The van der Waals surface area contributed by atoms with Gasteiger partial charge in [0.05, 0.1) is 34.5 Å². The summed E-state index contributed by atoms with van der Waals surface area (Å²) in [6.45, 7) is 0. The van der Waals surface area contributed by atoms with E-state index in [9.17, 15) is 10.1 Å². The predicted octanol–water partition coefficient (Wildman–Crippen LogP) is 3.21. The summed E-state index contributed by atoms with van der Waals surface area (Å²) in [5, 5.41) is 9.56. The zero-order chi connectivity index (χ0) is 18.4. The highest BCUT2D eigenvalue weighted by Gasteiger charge is 2.25. The Morgan fingerprint density at radius 2 is 1.48 bits per heavy atom. The van der Waals surface area contributed by atoms with Gasteiger partial charge in [-0.3, -0.25) is 4.79 Å². The number of methoxy groups -OCH3 is 4. The average molecular weight is 341 g/mol. The SMILES string of the molecule is COc1ccc(C(=O)[C@@H](C#N)c2cc(OC)c(OC)c(OC)c2)cc1. The third kappa shape index (κ3) is 3.66. The number of benzene rings is 2. The van der Waals surface area contributed by atoms with Gasteiger partial charge in [0.1, 0.15) is 11.7 Å². The van der Waals surface area contributed by atoms with E-state index in [-0.39, 0.29) is 5.78 Å².